The van der Waals surface area contributed by atoms with Gasteiger partial charge in [0.15, 0.2) is 0 Å². The third-order valence-electron chi connectivity index (χ3n) is 4.67. The van der Waals surface area contributed by atoms with Gasteiger partial charge in [-0.2, -0.15) is 0 Å². The van der Waals surface area contributed by atoms with E-state index in [0.29, 0.717) is 18.8 Å². The third-order valence-corrected chi connectivity index (χ3v) is 5.97. The molecule has 0 radical (unpaired) electrons. The molecule has 22 heavy (non-hydrogen) atoms. The highest BCUT2D eigenvalue weighted by Gasteiger charge is 2.39. The molecule has 2 aliphatic rings. The Bertz CT molecular complexity index is 500. The zero-order chi connectivity index (χ0) is 16.5. The fraction of sp³-hybridized carbons (Fsp3) is 0.929. The summed E-state index contributed by atoms with van der Waals surface area (Å²) in [7, 11) is -3.26. The fourth-order valence-corrected chi connectivity index (χ4v) is 3.99. The lowest BCUT2D eigenvalue weighted by Crippen LogP contribution is -2.51. The zero-order valence-corrected chi connectivity index (χ0v) is 13.9. The first-order valence-electron chi connectivity index (χ1n) is 7.74. The molecule has 0 bridgehead atoms. The van der Waals surface area contributed by atoms with Crippen molar-refractivity contribution in [3.63, 3.8) is 0 Å². The van der Waals surface area contributed by atoms with E-state index in [4.69, 9.17) is 0 Å². The molecule has 0 N–H and O–H groups in total. The Kier molecular flexibility index (Phi) is 5.42. The molecule has 0 aromatic rings. The second-order valence-electron chi connectivity index (χ2n) is 6.40. The lowest BCUT2D eigenvalue weighted by molar-refractivity contribution is -0.141. The number of nitrogens with zero attached hydrogens (tertiary/aromatic N) is 2. The van der Waals surface area contributed by atoms with E-state index in [0.717, 1.165) is 19.1 Å². The van der Waals surface area contributed by atoms with E-state index in [-0.39, 0.29) is 31.0 Å². The number of carbonyl (C=O) groups is 1. The van der Waals surface area contributed by atoms with E-state index in [1.165, 1.54) is 9.21 Å². The molecule has 128 valence electrons. The maximum absolute atomic E-state index is 12.8. The first kappa shape index (κ1) is 17.6. The van der Waals surface area contributed by atoms with E-state index in [2.05, 4.69) is 0 Å². The van der Waals surface area contributed by atoms with Crippen LogP contribution in [0.3, 0.4) is 0 Å². The van der Waals surface area contributed by atoms with Gasteiger partial charge >= 0.3 is 0 Å². The Morgan fingerprint density at radius 1 is 1.23 bits per heavy atom. The van der Waals surface area contributed by atoms with Crippen LogP contribution in [0.4, 0.5) is 8.78 Å². The standard InChI is InChI=1S/C14H24F2N2O3S/c1-10(11-3-4-11)14(19)18(9-13(15)16)12-5-7-17(8-6-12)22(2,20)21/h10-13H,3-9H2,1-2H3. The van der Waals surface area contributed by atoms with Crippen LogP contribution in [0.2, 0.25) is 0 Å². The second-order valence-corrected chi connectivity index (χ2v) is 8.38. The molecule has 1 aliphatic heterocycles. The van der Waals surface area contributed by atoms with Crippen molar-refractivity contribution in [2.75, 3.05) is 25.9 Å². The number of hydrogen-bond acceptors (Lipinski definition) is 3. The molecular weight excluding hydrogens is 314 g/mol. The molecule has 0 spiro atoms. The van der Waals surface area contributed by atoms with Crippen molar-refractivity contribution in [3.8, 4) is 0 Å². The number of rotatable bonds is 6. The molecule has 8 heteroatoms. The van der Waals surface area contributed by atoms with Gasteiger partial charge < -0.3 is 4.90 Å². The largest absolute Gasteiger partial charge is 0.334 e. The Hall–Kier alpha value is -0.760. The minimum absolute atomic E-state index is 0.208. The Labute approximate surface area is 130 Å². The molecular formula is C14H24F2N2O3S. The van der Waals surface area contributed by atoms with Gasteiger partial charge in [0, 0.05) is 25.0 Å². The number of carbonyl (C=O) groups excluding carboxylic acids is 1. The molecule has 2 fully saturated rings. The third kappa shape index (κ3) is 4.38. The maximum atomic E-state index is 12.8. The lowest BCUT2D eigenvalue weighted by atomic mass is 9.99. The van der Waals surface area contributed by atoms with Crippen molar-refractivity contribution < 1.29 is 22.0 Å². The van der Waals surface area contributed by atoms with Crippen LogP contribution in [0.1, 0.15) is 32.6 Å². The van der Waals surface area contributed by atoms with Gasteiger partial charge in [-0.05, 0) is 31.6 Å². The average molecular weight is 338 g/mol. The molecule has 1 saturated heterocycles. The van der Waals surface area contributed by atoms with Gasteiger partial charge in [0.05, 0.1) is 12.8 Å². The van der Waals surface area contributed by atoms with Crippen LogP contribution >= 0.6 is 0 Å². The van der Waals surface area contributed by atoms with Crippen LogP contribution in [0.25, 0.3) is 0 Å². The monoisotopic (exact) mass is 338 g/mol. The predicted octanol–water partition coefficient (Wildman–Crippen LogP) is 1.55. The Morgan fingerprint density at radius 2 is 1.77 bits per heavy atom. The molecule has 1 amide bonds. The number of sulfonamides is 1. The number of piperidine rings is 1. The second kappa shape index (κ2) is 6.78. The van der Waals surface area contributed by atoms with E-state index >= 15 is 0 Å². The smallest absolute Gasteiger partial charge is 0.255 e. The topological polar surface area (TPSA) is 57.7 Å². The SMILES string of the molecule is CC(C(=O)N(CC(F)F)C1CCN(S(C)(=O)=O)CC1)C1CC1. The number of halogens is 2. The van der Waals surface area contributed by atoms with Gasteiger partial charge in [0.25, 0.3) is 6.43 Å². The van der Waals surface area contributed by atoms with Crippen molar-refractivity contribution >= 4 is 15.9 Å². The van der Waals surface area contributed by atoms with Gasteiger partial charge in [-0.25, -0.2) is 21.5 Å². The summed E-state index contributed by atoms with van der Waals surface area (Å²) in [6, 6.07) is -0.291. The zero-order valence-electron chi connectivity index (χ0n) is 13.0. The maximum Gasteiger partial charge on any atom is 0.255 e. The summed E-state index contributed by atoms with van der Waals surface area (Å²) in [4.78, 5) is 13.8. The normalized spacial score (nSPS) is 22.8. The van der Waals surface area contributed by atoms with Crippen LogP contribution in [0.5, 0.6) is 0 Å². The summed E-state index contributed by atoms with van der Waals surface area (Å²) < 4.78 is 50.0. The van der Waals surface area contributed by atoms with Gasteiger partial charge in [-0.1, -0.05) is 6.92 Å². The van der Waals surface area contributed by atoms with Crippen molar-refractivity contribution in [1.82, 2.24) is 9.21 Å². The van der Waals surface area contributed by atoms with Crippen molar-refractivity contribution in [1.29, 1.82) is 0 Å². The van der Waals surface area contributed by atoms with E-state index in [1.807, 2.05) is 6.92 Å². The molecule has 1 heterocycles. The lowest BCUT2D eigenvalue weighted by Gasteiger charge is -2.38. The highest BCUT2D eigenvalue weighted by atomic mass is 32.2. The summed E-state index contributed by atoms with van der Waals surface area (Å²) in [5.41, 5.74) is 0. The van der Waals surface area contributed by atoms with Crippen LogP contribution in [-0.4, -0.2) is 61.9 Å². The van der Waals surface area contributed by atoms with Crippen LogP contribution in [-0.2, 0) is 14.8 Å². The van der Waals surface area contributed by atoms with Crippen LogP contribution < -0.4 is 0 Å². The highest BCUT2D eigenvalue weighted by molar-refractivity contribution is 7.88. The molecule has 1 aliphatic carbocycles. The van der Waals surface area contributed by atoms with E-state index in [1.54, 1.807) is 0 Å². The van der Waals surface area contributed by atoms with Gasteiger partial charge in [0.1, 0.15) is 0 Å². The number of amides is 1. The fourth-order valence-electron chi connectivity index (χ4n) is 3.11. The van der Waals surface area contributed by atoms with E-state index < -0.39 is 23.0 Å². The van der Waals surface area contributed by atoms with E-state index in [9.17, 15) is 22.0 Å². The summed E-state index contributed by atoms with van der Waals surface area (Å²) in [5, 5.41) is 0. The van der Waals surface area contributed by atoms with Crippen molar-refractivity contribution in [2.45, 2.75) is 45.1 Å². The Morgan fingerprint density at radius 3 is 2.18 bits per heavy atom. The Balaban J connectivity index is 2.02. The van der Waals surface area contributed by atoms with Gasteiger partial charge in [-0.15, -0.1) is 0 Å². The molecule has 2 rings (SSSR count). The summed E-state index contributed by atoms with van der Waals surface area (Å²) in [6.07, 6.45) is 1.39. The molecule has 1 saturated carbocycles. The van der Waals surface area contributed by atoms with Crippen molar-refractivity contribution in [3.05, 3.63) is 0 Å². The highest BCUT2D eigenvalue weighted by Crippen LogP contribution is 2.38. The average Bonchev–Trinajstić information content (AvgIpc) is 3.27. The molecule has 0 aromatic heterocycles. The molecule has 0 aromatic carbocycles. The predicted molar refractivity (Wildman–Crippen MR) is 79.0 cm³/mol. The minimum Gasteiger partial charge on any atom is -0.334 e. The summed E-state index contributed by atoms with van der Waals surface area (Å²) >= 11 is 0. The first-order valence-corrected chi connectivity index (χ1v) is 9.58. The quantitative estimate of drug-likeness (QED) is 0.738. The number of alkyl halides is 2. The first-order chi connectivity index (χ1) is 10.2. The van der Waals surface area contributed by atoms with Crippen molar-refractivity contribution in [2.24, 2.45) is 11.8 Å². The summed E-state index contributed by atoms with van der Waals surface area (Å²) in [5.74, 6) is -0.101. The molecule has 1 atom stereocenters. The van der Waals surface area contributed by atoms with Gasteiger partial charge in [0.2, 0.25) is 15.9 Å². The molecule has 1 unspecified atom stereocenters. The van der Waals surface area contributed by atoms with Crippen LogP contribution in [0, 0.1) is 11.8 Å². The number of hydrogen-bond donors (Lipinski definition) is 0. The van der Waals surface area contributed by atoms with Gasteiger partial charge in [-0.3, -0.25) is 4.79 Å². The molecule has 5 nitrogen and oxygen atoms in total. The summed E-state index contributed by atoms with van der Waals surface area (Å²) in [6.45, 7) is 1.83. The van der Waals surface area contributed by atoms with Crippen LogP contribution in [0.15, 0.2) is 0 Å². The minimum atomic E-state index is -3.26.